The number of H-pyrrole nitrogens is 1. The molecule has 45 heavy (non-hydrogen) atoms. The van der Waals surface area contributed by atoms with Gasteiger partial charge in [-0.05, 0) is 56.4 Å². The van der Waals surface area contributed by atoms with E-state index in [0.717, 1.165) is 29.5 Å². The number of benzene rings is 1. The summed E-state index contributed by atoms with van der Waals surface area (Å²) < 4.78 is 22.2. The molecule has 3 aromatic rings. The number of rotatable bonds is 0. The van der Waals surface area contributed by atoms with Crippen LogP contribution >= 0.6 is 0 Å². The van der Waals surface area contributed by atoms with Gasteiger partial charge in [-0.25, -0.2) is 14.6 Å². The van der Waals surface area contributed by atoms with Gasteiger partial charge in [0.15, 0.2) is 6.61 Å². The summed E-state index contributed by atoms with van der Waals surface area (Å²) >= 11 is 0. The third-order valence-corrected chi connectivity index (χ3v) is 8.32. The molecule has 1 saturated heterocycles. The molecule has 4 bridgehead atoms. The van der Waals surface area contributed by atoms with E-state index in [0.29, 0.717) is 71.1 Å². The van der Waals surface area contributed by atoms with Crippen LogP contribution in [0.5, 0.6) is 0 Å². The monoisotopic (exact) mass is 622 g/mol. The molecule has 4 aliphatic heterocycles. The number of carbonyl (C=O) groups is 3. The molecule has 1 spiro atoms. The fourth-order valence-corrected chi connectivity index (χ4v) is 5.84. The van der Waals surface area contributed by atoms with Crippen molar-refractivity contribution in [1.82, 2.24) is 25.0 Å². The average Bonchev–Trinajstić information content (AvgIpc) is 3.50. The Labute approximate surface area is 262 Å². The average molecular weight is 623 g/mol. The van der Waals surface area contributed by atoms with Gasteiger partial charge in [-0.3, -0.25) is 15.2 Å². The Hall–Kier alpha value is -4.23. The van der Waals surface area contributed by atoms with Gasteiger partial charge in [0.2, 0.25) is 0 Å². The van der Waals surface area contributed by atoms with Crippen molar-refractivity contribution in [1.29, 1.82) is 0 Å². The van der Waals surface area contributed by atoms with Crippen LogP contribution in [0, 0.1) is 13.8 Å². The van der Waals surface area contributed by atoms with Crippen LogP contribution in [0.1, 0.15) is 47.9 Å². The normalized spacial score (nSPS) is 19.8. The van der Waals surface area contributed by atoms with E-state index in [9.17, 15) is 14.4 Å². The number of aromatic nitrogens is 3. The number of nitrogens with one attached hydrogen (secondary N) is 2. The number of amides is 3. The van der Waals surface area contributed by atoms with Gasteiger partial charge in [0.25, 0.3) is 5.91 Å². The number of piperidine rings is 1. The van der Waals surface area contributed by atoms with E-state index < -0.39 is 17.8 Å². The van der Waals surface area contributed by atoms with Gasteiger partial charge >= 0.3 is 12.2 Å². The number of likely N-dealkylation sites (N-methyl/N-ethyl adjacent to an activating group) is 1. The summed E-state index contributed by atoms with van der Waals surface area (Å²) in [6, 6.07) is 6.31. The number of hydrogen-bond acceptors (Lipinski definition) is 9. The third kappa shape index (κ3) is 8.08. The molecule has 242 valence electrons. The van der Waals surface area contributed by atoms with E-state index in [-0.39, 0.29) is 12.5 Å². The van der Waals surface area contributed by atoms with Gasteiger partial charge in [0, 0.05) is 69.9 Å². The van der Waals surface area contributed by atoms with Crippen molar-refractivity contribution in [3.63, 3.8) is 0 Å². The number of anilines is 1. The maximum absolute atomic E-state index is 12.6. The molecular weight excluding hydrogens is 580 g/mol. The van der Waals surface area contributed by atoms with Gasteiger partial charge in [0.05, 0.1) is 24.9 Å². The molecule has 0 saturated carbocycles. The fourth-order valence-electron chi connectivity index (χ4n) is 5.84. The van der Waals surface area contributed by atoms with Crippen molar-refractivity contribution in [2.45, 2.75) is 51.6 Å². The Kier molecular flexibility index (Phi) is 10.5. The van der Waals surface area contributed by atoms with E-state index in [4.69, 9.17) is 18.9 Å². The number of ether oxygens (including phenoxy) is 4. The molecule has 13 nitrogen and oxygen atoms in total. The predicted molar refractivity (Wildman–Crippen MR) is 166 cm³/mol. The first-order valence-electron chi connectivity index (χ1n) is 15.4. The topological polar surface area (TPSA) is 148 Å². The first kappa shape index (κ1) is 32.2. The zero-order chi connectivity index (χ0) is 31.8. The maximum atomic E-state index is 12.6. The zero-order valence-corrected chi connectivity index (χ0v) is 26.2. The van der Waals surface area contributed by atoms with Crippen LogP contribution in [0.25, 0.3) is 10.9 Å². The standard InChI is InChI=1S/C23H32N4O7.C9H10N2/c1-26-7-3-11-32-13-12-31-10-2-4-17-14-18-20(24-15-17)25-21(29)34-23(18)5-8-27(9-6-23)22(30)33-16-19(26)28;1-6-3-7(2)9-8(4-6)5-10-11-9/h14-15H,2-13,16H2,1H3,(H,24,25,29);3-5H,1-2H3,(H,10,11). The first-order chi connectivity index (χ1) is 21.7. The molecule has 1 fully saturated rings. The Morgan fingerprint density at radius 1 is 0.911 bits per heavy atom. The minimum atomic E-state index is -0.849. The van der Waals surface area contributed by atoms with Gasteiger partial charge in [0.1, 0.15) is 11.4 Å². The number of pyridine rings is 1. The molecule has 3 amide bonds. The maximum Gasteiger partial charge on any atom is 0.413 e. The molecule has 0 aliphatic carbocycles. The van der Waals surface area contributed by atoms with E-state index in [1.54, 1.807) is 18.1 Å². The van der Waals surface area contributed by atoms with Crippen molar-refractivity contribution in [3.05, 3.63) is 52.8 Å². The molecule has 0 atom stereocenters. The number of aryl methyl sites for hydroxylation is 3. The summed E-state index contributed by atoms with van der Waals surface area (Å²) in [6.07, 6.45) is 5.66. The highest BCUT2D eigenvalue weighted by atomic mass is 16.6. The Bertz CT molecular complexity index is 1500. The van der Waals surface area contributed by atoms with Crippen LogP contribution in [0.15, 0.2) is 30.6 Å². The molecule has 7 rings (SSSR count). The predicted octanol–water partition coefficient (Wildman–Crippen LogP) is 4.08. The lowest BCUT2D eigenvalue weighted by molar-refractivity contribution is -0.133. The van der Waals surface area contributed by atoms with Crippen molar-refractivity contribution < 1.29 is 33.3 Å². The molecular formula is C32H42N6O7. The SMILES string of the molecule is CN1CCCOCCOCCCc2cnc3c(c2)C2(CCN(CC2)C(=O)OCC1=O)OC(=O)N3.Cc1cc(C)c2[nH]ncc2c1. The van der Waals surface area contributed by atoms with E-state index in [1.165, 1.54) is 21.4 Å². The van der Waals surface area contributed by atoms with Gasteiger partial charge in [-0.2, -0.15) is 5.10 Å². The zero-order valence-electron chi connectivity index (χ0n) is 26.2. The van der Waals surface area contributed by atoms with Gasteiger partial charge < -0.3 is 28.7 Å². The minimum Gasteiger partial charge on any atom is -0.439 e. The fraction of sp³-hybridized carbons (Fsp3) is 0.531. The summed E-state index contributed by atoms with van der Waals surface area (Å²) in [7, 11) is 1.67. The van der Waals surface area contributed by atoms with Crippen LogP contribution < -0.4 is 5.32 Å². The second-order valence-corrected chi connectivity index (χ2v) is 11.7. The summed E-state index contributed by atoms with van der Waals surface area (Å²) in [5, 5.41) is 10.8. The largest absolute Gasteiger partial charge is 0.439 e. The molecule has 6 heterocycles. The van der Waals surface area contributed by atoms with Crippen LogP contribution in [0.4, 0.5) is 15.4 Å². The Morgan fingerprint density at radius 3 is 2.44 bits per heavy atom. The second-order valence-electron chi connectivity index (χ2n) is 11.7. The summed E-state index contributed by atoms with van der Waals surface area (Å²) in [5.41, 5.74) is 4.71. The van der Waals surface area contributed by atoms with E-state index in [1.807, 2.05) is 12.3 Å². The number of hydrogen-bond donors (Lipinski definition) is 2. The van der Waals surface area contributed by atoms with Crippen LogP contribution in [0.3, 0.4) is 0 Å². The molecule has 2 N–H and O–H groups in total. The molecule has 0 unspecified atom stereocenters. The van der Waals surface area contributed by atoms with E-state index in [2.05, 4.69) is 46.5 Å². The highest BCUT2D eigenvalue weighted by molar-refractivity contribution is 5.87. The number of nitrogens with zero attached hydrogens (tertiary/aromatic N) is 4. The summed E-state index contributed by atoms with van der Waals surface area (Å²) in [5.74, 6) is 0.222. The molecule has 1 aromatic carbocycles. The number of fused-ring (bicyclic) bond motifs is 17. The Morgan fingerprint density at radius 2 is 1.67 bits per heavy atom. The highest BCUT2D eigenvalue weighted by Crippen LogP contribution is 2.43. The van der Waals surface area contributed by atoms with Crippen molar-refractivity contribution >= 4 is 34.8 Å². The molecule has 2 aromatic heterocycles. The summed E-state index contributed by atoms with van der Waals surface area (Å²) in [4.78, 5) is 44.6. The lowest BCUT2D eigenvalue weighted by Gasteiger charge is -2.43. The first-order valence-corrected chi connectivity index (χ1v) is 15.4. The van der Waals surface area contributed by atoms with Crippen LogP contribution in [0.2, 0.25) is 0 Å². The third-order valence-electron chi connectivity index (χ3n) is 8.32. The van der Waals surface area contributed by atoms with E-state index >= 15 is 0 Å². The quantitative estimate of drug-likeness (QED) is 0.378. The van der Waals surface area contributed by atoms with Crippen molar-refractivity contribution in [3.8, 4) is 0 Å². The number of carbonyl (C=O) groups excluding carboxylic acids is 3. The lowest BCUT2D eigenvalue weighted by Crippen LogP contribution is -2.50. The highest BCUT2D eigenvalue weighted by Gasteiger charge is 2.46. The van der Waals surface area contributed by atoms with Crippen molar-refractivity contribution in [2.75, 3.05) is 65.0 Å². The van der Waals surface area contributed by atoms with Crippen LogP contribution in [-0.4, -0.2) is 103 Å². The number of aromatic amines is 1. The molecule has 4 aliphatic rings. The molecule has 0 radical (unpaired) electrons. The van der Waals surface area contributed by atoms with Gasteiger partial charge in [-0.1, -0.05) is 11.6 Å². The minimum absolute atomic E-state index is 0.271. The Balaban J connectivity index is 0.000000304. The van der Waals surface area contributed by atoms with Crippen LogP contribution in [-0.2, 0) is 35.8 Å². The smallest absolute Gasteiger partial charge is 0.413 e. The lowest BCUT2D eigenvalue weighted by atomic mass is 9.83. The van der Waals surface area contributed by atoms with Crippen molar-refractivity contribution in [2.24, 2.45) is 0 Å². The van der Waals surface area contributed by atoms with Gasteiger partial charge in [-0.15, -0.1) is 0 Å². The molecule has 13 heteroatoms. The summed E-state index contributed by atoms with van der Waals surface area (Å²) in [6.45, 7) is 7.18. The second kappa shape index (κ2) is 14.7.